The minimum absolute atomic E-state index is 0.319. The Balaban J connectivity index is 3.47. The minimum Gasteiger partial charge on any atom is -0.297 e. The lowest BCUT2D eigenvalue weighted by Crippen LogP contribution is -2.04. The topological polar surface area (TPSA) is 61.5 Å². The monoisotopic (exact) mass is 181 g/mol. The van der Waals surface area contributed by atoms with Crippen LogP contribution in [0.5, 0.6) is 0 Å². The highest BCUT2D eigenvalue weighted by atomic mass is 31.2. The van der Waals surface area contributed by atoms with Crippen LogP contribution in [0.4, 0.5) is 0 Å². The molecule has 0 bridgehead atoms. The first-order chi connectivity index (χ1) is 5.12. The van der Waals surface area contributed by atoms with Crippen LogP contribution in [0.2, 0.25) is 0 Å². The summed E-state index contributed by atoms with van der Waals surface area (Å²) in [7, 11) is -3.22. The summed E-state index contributed by atoms with van der Waals surface area (Å²) in [6, 6.07) is 0. The standard InChI is InChI=1S/C6H16NO3P/c1-3-5-6-10-11(7,8)9-4-2/h3-6H2,1-2H3,(H2,7,8). The summed E-state index contributed by atoms with van der Waals surface area (Å²) in [5.74, 6) is 0. The predicted octanol–water partition coefficient (Wildman–Crippen LogP) is 1.91. The third-order valence-corrected chi connectivity index (χ3v) is 2.24. The van der Waals surface area contributed by atoms with Crippen molar-refractivity contribution < 1.29 is 13.6 Å². The van der Waals surface area contributed by atoms with Crippen molar-refractivity contribution in [3.8, 4) is 0 Å². The Bertz CT molecular complexity index is 140. The van der Waals surface area contributed by atoms with Gasteiger partial charge in [-0.2, -0.15) is 0 Å². The molecule has 0 amide bonds. The van der Waals surface area contributed by atoms with Gasteiger partial charge < -0.3 is 0 Å². The van der Waals surface area contributed by atoms with Crippen molar-refractivity contribution in [3.05, 3.63) is 0 Å². The number of unbranched alkanes of at least 4 members (excludes halogenated alkanes) is 1. The normalized spacial score (nSPS) is 16.3. The fourth-order valence-corrected chi connectivity index (χ4v) is 1.37. The lowest BCUT2D eigenvalue weighted by atomic mass is 10.4. The Morgan fingerprint density at radius 1 is 1.36 bits per heavy atom. The molecule has 11 heavy (non-hydrogen) atoms. The van der Waals surface area contributed by atoms with E-state index in [-0.39, 0.29) is 0 Å². The molecule has 1 atom stereocenters. The van der Waals surface area contributed by atoms with Gasteiger partial charge in [-0.15, -0.1) is 0 Å². The Labute approximate surface area is 67.7 Å². The van der Waals surface area contributed by atoms with Gasteiger partial charge in [0, 0.05) is 0 Å². The van der Waals surface area contributed by atoms with Gasteiger partial charge in [-0.3, -0.25) is 9.05 Å². The van der Waals surface area contributed by atoms with Crippen LogP contribution < -0.4 is 5.50 Å². The van der Waals surface area contributed by atoms with Crippen molar-refractivity contribution in [2.75, 3.05) is 13.2 Å². The molecule has 0 heterocycles. The number of nitrogens with two attached hydrogens (primary N) is 1. The Kier molecular flexibility index (Phi) is 5.78. The van der Waals surface area contributed by atoms with Gasteiger partial charge >= 0.3 is 7.75 Å². The molecule has 0 spiro atoms. The van der Waals surface area contributed by atoms with Crippen LogP contribution in [0.1, 0.15) is 26.7 Å². The molecular weight excluding hydrogens is 165 g/mol. The molecule has 0 saturated heterocycles. The zero-order chi connectivity index (χ0) is 8.74. The maximum Gasteiger partial charge on any atom is 0.402 e. The molecule has 0 aromatic heterocycles. The van der Waals surface area contributed by atoms with Gasteiger partial charge in [-0.05, 0) is 13.3 Å². The van der Waals surface area contributed by atoms with Crippen molar-refractivity contribution in [2.45, 2.75) is 26.7 Å². The third kappa shape index (κ3) is 6.51. The molecule has 0 aromatic carbocycles. The van der Waals surface area contributed by atoms with E-state index in [1.807, 2.05) is 6.92 Å². The van der Waals surface area contributed by atoms with Gasteiger partial charge in [0.2, 0.25) is 0 Å². The van der Waals surface area contributed by atoms with Gasteiger partial charge in [0.15, 0.2) is 0 Å². The van der Waals surface area contributed by atoms with Crippen molar-refractivity contribution in [2.24, 2.45) is 5.50 Å². The molecule has 68 valence electrons. The van der Waals surface area contributed by atoms with Crippen molar-refractivity contribution in [1.82, 2.24) is 0 Å². The first kappa shape index (κ1) is 11.1. The summed E-state index contributed by atoms with van der Waals surface area (Å²) in [6.45, 7) is 4.47. The molecule has 0 rings (SSSR count). The maximum absolute atomic E-state index is 11.0. The summed E-state index contributed by atoms with van der Waals surface area (Å²) < 4.78 is 20.5. The molecule has 0 aliphatic heterocycles. The van der Waals surface area contributed by atoms with Gasteiger partial charge in [0.25, 0.3) is 0 Å². The second kappa shape index (κ2) is 5.72. The Morgan fingerprint density at radius 2 is 2.00 bits per heavy atom. The minimum atomic E-state index is -3.22. The Hall–Kier alpha value is 0.110. The van der Waals surface area contributed by atoms with Crippen LogP contribution in [0.25, 0.3) is 0 Å². The maximum atomic E-state index is 11.0. The molecule has 0 fully saturated rings. The molecule has 0 radical (unpaired) electrons. The van der Waals surface area contributed by atoms with Gasteiger partial charge in [0.05, 0.1) is 13.2 Å². The molecule has 2 N–H and O–H groups in total. The summed E-state index contributed by atoms with van der Waals surface area (Å²) in [5, 5.41) is 0. The number of rotatable bonds is 6. The van der Waals surface area contributed by atoms with E-state index < -0.39 is 7.75 Å². The zero-order valence-corrected chi connectivity index (χ0v) is 7.97. The molecule has 0 aliphatic carbocycles. The number of hydrogen-bond acceptors (Lipinski definition) is 3. The fourth-order valence-electron chi connectivity index (χ4n) is 0.553. The van der Waals surface area contributed by atoms with Crippen LogP contribution in [0.3, 0.4) is 0 Å². The zero-order valence-electron chi connectivity index (χ0n) is 7.08. The smallest absolute Gasteiger partial charge is 0.297 e. The highest BCUT2D eigenvalue weighted by Gasteiger charge is 2.15. The first-order valence-electron chi connectivity index (χ1n) is 3.80. The molecule has 1 unspecified atom stereocenters. The van der Waals surface area contributed by atoms with Crippen molar-refractivity contribution >= 4 is 7.75 Å². The van der Waals surface area contributed by atoms with E-state index in [9.17, 15) is 4.57 Å². The van der Waals surface area contributed by atoms with Crippen LogP contribution in [0, 0.1) is 0 Å². The second-order valence-corrected chi connectivity index (χ2v) is 3.74. The summed E-state index contributed by atoms with van der Waals surface area (Å²) in [5.41, 5.74) is 5.18. The molecular formula is C6H16NO3P. The highest BCUT2D eigenvalue weighted by Crippen LogP contribution is 2.38. The van der Waals surface area contributed by atoms with Gasteiger partial charge in [-0.25, -0.2) is 10.1 Å². The average Bonchev–Trinajstić information content (AvgIpc) is 1.87. The van der Waals surface area contributed by atoms with Crippen LogP contribution in [0.15, 0.2) is 0 Å². The largest absolute Gasteiger partial charge is 0.402 e. The summed E-state index contributed by atoms with van der Waals surface area (Å²) in [6.07, 6.45) is 1.85. The van der Waals surface area contributed by atoms with Crippen LogP contribution in [-0.4, -0.2) is 13.2 Å². The molecule has 5 heteroatoms. The van der Waals surface area contributed by atoms with Crippen LogP contribution >= 0.6 is 7.75 Å². The van der Waals surface area contributed by atoms with Gasteiger partial charge in [-0.1, -0.05) is 13.3 Å². The van der Waals surface area contributed by atoms with E-state index >= 15 is 0 Å². The predicted molar refractivity (Wildman–Crippen MR) is 44.3 cm³/mol. The summed E-state index contributed by atoms with van der Waals surface area (Å²) in [4.78, 5) is 0. The second-order valence-electron chi connectivity index (χ2n) is 2.14. The first-order valence-corrected chi connectivity index (χ1v) is 5.41. The SMILES string of the molecule is CCCCOP(N)(=O)OCC. The average molecular weight is 181 g/mol. The van der Waals surface area contributed by atoms with E-state index in [0.29, 0.717) is 13.2 Å². The van der Waals surface area contributed by atoms with E-state index in [4.69, 9.17) is 10.0 Å². The highest BCUT2D eigenvalue weighted by molar-refractivity contribution is 7.51. The lowest BCUT2D eigenvalue weighted by Gasteiger charge is -2.11. The molecule has 4 nitrogen and oxygen atoms in total. The molecule has 0 aromatic rings. The van der Waals surface area contributed by atoms with Crippen molar-refractivity contribution in [1.29, 1.82) is 0 Å². The van der Waals surface area contributed by atoms with Gasteiger partial charge in [0.1, 0.15) is 0 Å². The van der Waals surface area contributed by atoms with E-state index in [0.717, 1.165) is 12.8 Å². The molecule has 0 saturated carbocycles. The van der Waals surface area contributed by atoms with Crippen LogP contribution in [-0.2, 0) is 13.6 Å². The lowest BCUT2D eigenvalue weighted by molar-refractivity contribution is 0.210. The Morgan fingerprint density at radius 3 is 2.45 bits per heavy atom. The fraction of sp³-hybridized carbons (Fsp3) is 1.00. The molecule has 0 aliphatic rings. The van der Waals surface area contributed by atoms with Crippen molar-refractivity contribution in [3.63, 3.8) is 0 Å². The van der Waals surface area contributed by atoms with E-state index in [1.165, 1.54) is 0 Å². The quantitative estimate of drug-likeness (QED) is 0.502. The third-order valence-electron chi connectivity index (χ3n) is 1.08. The number of hydrogen-bond donors (Lipinski definition) is 1. The summed E-state index contributed by atoms with van der Waals surface area (Å²) >= 11 is 0. The van der Waals surface area contributed by atoms with E-state index in [2.05, 4.69) is 4.52 Å². The van der Waals surface area contributed by atoms with E-state index in [1.54, 1.807) is 6.92 Å².